The van der Waals surface area contributed by atoms with E-state index in [0.717, 1.165) is 42.8 Å². The minimum absolute atomic E-state index is 0.288. The average Bonchev–Trinajstić information content (AvgIpc) is 3.15. The highest BCUT2D eigenvalue weighted by molar-refractivity contribution is 7.89. The van der Waals surface area contributed by atoms with Crippen LogP contribution >= 0.6 is 0 Å². The predicted octanol–water partition coefficient (Wildman–Crippen LogP) is 3.51. The number of hydrogen-bond donors (Lipinski definition) is 1. The summed E-state index contributed by atoms with van der Waals surface area (Å²) in [6, 6.07) is 15.1. The summed E-state index contributed by atoms with van der Waals surface area (Å²) in [7, 11) is -3.54. The maximum absolute atomic E-state index is 12.8. The van der Waals surface area contributed by atoms with Crippen LogP contribution in [0.4, 0.5) is 0 Å². The van der Waals surface area contributed by atoms with Gasteiger partial charge in [-0.2, -0.15) is 0 Å². The van der Waals surface area contributed by atoms with Gasteiger partial charge in [0.2, 0.25) is 10.0 Å². The highest BCUT2D eigenvalue weighted by Crippen LogP contribution is 2.26. The molecule has 5 nitrogen and oxygen atoms in total. The lowest BCUT2D eigenvalue weighted by molar-refractivity contribution is 0.268. The molecule has 0 bridgehead atoms. The van der Waals surface area contributed by atoms with Gasteiger partial charge in [0.05, 0.1) is 11.5 Å². The molecule has 0 aromatic heterocycles. The first-order valence-corrected chi connectivity index (χ1v) is 11.1. The first-order chi connectivity index (χ1) is 13.0. The molecule has 1 fully saturated rings. The Morgan fingerprint density at radius 3 is 2.59 bits per heavy atom. The number of likely N-dealkylation sites (N-methyl/N-ethyl adjacent to an activating group) is 1. The Hall–Kier alpha value is -1.89. The fourth-order valence-corrected chi connectivity index (χ4v) is 4.73. The maximum Gasteiger partial charge on any atom is 0.240 e. The first-order valence-electron chi connectivity index (χ1n) is 9.60. The van der Waals surface area contributed by atoms with Gasteiger partial charge in [-0.3, -0.25) is 4.90 Å². The largest absolute Gasteiger partial charge is 0.494 e. The average molecular weight is 389 g/mol. The van der Waals surface area contributed by atoms with Crippen LogP contribution in [0.5, 0.6) is 5.75 Å². The monoisotopic (exact) mass is 388 g/mol. The third-order valence-corrected chi connectivity index (χ3v) is 6.46. The molecular formula is C21H28N2O3S. The smallest absolute Gasteiger partial charge is 0.240 e. The van der Waals surface area contributed by atoms with E-state index >= 15 is 0 Å². The van der Waals surface area contributed by atoms with E-state index in [9.17, 15) is 8.42 Å². The van der Waals surface area contributed by atoms with Gasteiger partial charge >= 0.3 is 0 Å². The van der Waals surface area contributed by atoms with Gasteiger partial charge in [-0.25, -0.2) is 13.1 Å². The summed E-state index contributed by atoms with van der Waals surface area (Å²) in [4.78, 5) is 2.63. The van der Waals surface area contributed by atoms with E-state index < -0.39 is 10.0 Å². The number of nitrogens with one attached hydrogen (secondary N) is 1. The van der Waals surface area contributed by atoms with Crippen LogP contribution in [-0.2, 0) is 10.0 Å². The normalized spacial score (nSPS) is 17.9. The molecule has 2 aromatic carbocycles. The van der Waals surface area contributed by atoms with Gasteiger partial charge in [0.15, 0.2) is 0 Å². The molecule has 0 radical (unpaired) electrons. The lowest BCUT2D eigenvalue weighted by Crippen LogP contribution is -2.39. The molecule has 1 atom stereocenters. The van der Waals surface area contributed by atoms with Crippen molar-refractivity contribution in [3.05, 3.63) is 48.5 Å². The minimum Gasteiger partial charge on any atom is -0.494 e. The zero-order valence-electron chi connectivity index (χ0n) is 16.0. The van der Waals surface area contributed by atoms with Crippen LogP contribution in [0.3, 0.4) is 0 Å². The number of sulfonamides is 1. The van der Waals surface area contributed by atoms with Crippen molar-refractivity contribution in [2.45, 2.75) is 37.6 Å². The summed E-state index contributed by atoms with van der Waals surface area (Å²) in [5.74, 6) is 0.780. The number of ether oxygens (including phenoxy) is 1. The summed E-state index contributed by atoms with van der Waals surface area (Å²) in [5, 5.41) is 0. The van der Waals surface area contributed by atoms with Gasteiger partial charge in [-0.05, 0) is 68.2 Å². The highest BCUT2D eigenvalue weighted by Gasteiger charge is 2.25. The van der Waals surface area contributed by atoms with E-state index in [2.05, 4.69) is 16.5 Å². The van der Waals surface area contributed by atoms with Crippen molar-refractivity contribution in [3.8, 4) is 16.9 Å². The fraction of sp³-hybridized carbons (Fsp3) is 0.429. The van der Waals surface area contributed by atoms with Crippen LogP contribution in [0.25, 0.3) is 11.1 Å². The molecule has 0 saturated carbocycles. The highest BCUT2D eigenvalue weighted by atomic mass is 32.2. The Morgan fingerprint density at radius 2 is 1.85 bits per heavy atom. The van der Waals surface area contributed by atoms with Gasteiger partial charge in [0, 0.05) is 12.6 Å². The number of benzene rings is 2. The van der Waals surface area contributed by atoms with Gasteiger partial charge in [-0.1, -0.05) is 31.2 Å². The molecule has 2 aromatic rings. The van der Waals surface area contributed by atoms with Gasteiger partial charge in [-0.15, -0.1) is 0 Å². The van der Waals surface area contributed by atoms with Crippen molar-refractivity contribution in [1.82, 2.24) is 9.62 Å². The van der Waals surface area contributed by atoms with Gasteiger partial charge < -0.3 is 4.74 Å². The molecular weight excluding hydrogens is 360 g/mol. The van der Waals surface area contributed by atoms with E-state index in [1.165, 1.54) is 0 Å². The Kier molecular flexibility index (Phi) is 6.52. The second-order valence-corrected chi connectivity index (χ2v) is 8.53. The number of likely N-dealkylation sites (tertiary alicyclic amines) is 1. The Labute approximate surface area is 162 Å². The van der Waals surface area contributed by atoms with E-state index in [0.29, 0.717) is 18.0 Å². The zero-order valence-corrected chi connectivity index (χ0v) is 16.8. The van der Waals surface area contributed by atoms with Crippen molar-refractivity contribution < 1.29 is 13.2 Å². The van der Waals surface area contributed by atoms with Crippen LogP contribution < -0.4 is 9.46 Å². The second kappa shape index (κ2) is 8.87. The molecule has 1 N–H and O–H groups in total. The molecule has 0 unspecified atom stereocenters. The minimum atomic E-state index is -3.54. The Morgan fingerprint density at radius 1 is 1.11 bits per heavy atom. The molecule has 6 heteroatoms. The molecule has 27 heavy (non-hydrogen) atoms. The second-order valence-electron chi connectivity index (χ2n) is 6.77. The van der Waals surface area contributed by atoms with Crippen LogP contribution in [0, 0.1) is 0 Å². The molecule has 1 heterocycles. The summed E-state index contributed by atoms with van der Waals surface area (Å²) < 4.78 is 33.9. The number of nitrogens with zero attached hydrogens (tertiary/aromatic N) is 1. The van der Waals surface area contributed by atoms with E-state index in [-0.39, 0.29) is 6.04 Å². The summed E-state index contributed by atoms with van der Waals surface area (Å²) in [6.07, 6.45) is 2.17. The molecule has 1 aliphatic heterocycles. The zero-order chi connectivity index (χ0) is 19.3. The molecule has 1 saturated heterocycles. The lowest BCUT2D eigenvalue weighted by Gasteiger charge is -2.22. The van der Waals surface area contributed by atoms with Crippen LogP contribution in [0.2, 0.25) is 0 Å². The Balaban J connectivity index is 1.77. The predicted molar refractivity (Wildman–Crippen MR) is 109 cm³/mol. The summed E-state index contributed by atoms with van der Waals surface area (Å²) in [5.41, 5.74) is 1.79. The fourth-order valence-electron chi connectivity index (χ4n) is 3.61. The standard InChI is InChI=1S/C21H28N2O3S/c1-3-23-13-7-10-19(23)16-22-27(24,25)21-12-6-9-18(15-21)17-8-5-11-20(14-17)26-4-2/h5-6,8-9,11-12,14-15,19,22H,3-4,7,10,13,16H2,1-2H3/t19-/m0/s1. The quantitative estimate of drug-likeness (QED) is 0.752. The van der Waals surface area contributed by atoms with Crippen molar-refractivity contribution in [2.24, 2.45) is 0 Å². The lowest BCUT2D eigenvalue weighted by atomic mass is 10.1. The summed E-state index contributed by atoms with van der Waals surface area (Å²) >= 11 is 0. The molecule has 146 valence electrons. The molecule has 0 amide bonds. The van der Waals surface area contributed by atoms with Crippen molar-refractivity contribution in [3.63, 3.8) is 0 Å². The summed E-state index contributed by atoms with van der Waals surface area (Å²) in [6.45, 7) is 7.12. The Bertz CT molecular complexity index is 867. The van der Waals surface area contributed by atoms with Gasteiger partial charge in [0.25, 0.3) is 0 Å². The maximum atomic E-state index is 12.8. The third kappa shape index (κ3) is 4.89. The van der Waals surface area contributed by atoms with Gasteiger partial charge in [0.1, 0.15) is 5.75 Å². The molecule has 1 aliphatic rings. The molecule has 0 aliphatic carbocycles. The van der Waals surface area contributed by atoms with E-state index in [1.807, 2.05) is 37.3 Å². The van der Waals surface area contributed by atoms with Crippen LogP contribution in [0.15, 0.2) is 53.4 Å². The topological polar surface area (TPSA) is 58.6 Å². The van der Waals surface area contributed by atoms with E-state index in [4.69, 9.17) is 4.74 Å². The van der Waals surface area contributed by atoms with Crippen molar-refractivity contribution >= 4 is 10.0 Å². The SMILES string of the molecule is CCOc1cccc(-c2cccc(S(=O)(=O)NC[C@@H]3CCCN3CC)c2)c1. The van der Waals surface area contributed by atoms with Crippen molar-refractivity contribution in [1.29, 1.82) is 0 Å². The van der Waals surface area contributed by atoms with Crippen LogP contribution in [0.1, 0.15) is 26.7 Å². The first kappa shape index (κ1) is 19.9. The van der Waals surface area contributed by atoms with Crippen molar-refractivity contribution in [2.75, 3.05) is 26.2 Å². The number of hydrogen-bond acceptors (Lipinski definition) is 4. The molecule has 3 rings (SSSR count). The molecule has 0 spiro atoms. The third-order valence-electron chi connectivity index (χ3n) is 5.04. The van der Waals surface area contributed by atoms with Crippen LogP contribution in [-0.4, -0.2) is 45.6 Å². The number of rotatable bonds is 8. The van der Waals surface area contributed by atoms with E-state index in [1.54, 1.807) is 18.2 Å².